The number of rotatable bonds is 8. The van der Waals surface area contributed by atoms with Gasteiger partial charge in [0.25, 0.3) is 5.56 Å². The lowest BCUT2D eigenvalue weighted by Gasteiger charge is -2.29. The third-order valence-corrected chi connectivity index (χ3v) is 10.1. The van der Waals surface area contributed by atoms with E-state index in [0.29, 0.717) is 11.2 Å². The number of H-pyrrole nitrogens is 1. The molecule has 18 nitrogen and oxygen atoms in total. The van der Waals surface area contributed by atoms with Gasteiger partial charge >= 0.3 is 0 Å². The van der Waals surface area contributed by atoms with E-state index < -0.39 is 74.0 Å². The first-order valence-corrected chi connectivity index (χ1v) is 15.2. The van der Waals surface area contributed by atoms with Crippen molar-refractivity contribution in [2.75, 3.05) is 31.8 Å². The number of halogens is 1. The van der Waals surface area contributed by atoms with Gasteiger partial charge in [-0.05, 0) is 11.8 Å². The van der Waals surface area contributed by atoms with E-state index in [1.807, 2.05) is 0 Å². The van der Waals surface area contributed by atoms with Crippen molar-refractivity contribution in [2.45, 2.75) is 48.7 Å². The van der Waals surface area contributed by atoms with Crippen molar-refractivity contribution in [2.24, 2.45) is 0 Å². The van der Waals surface area contributed by atoms with E-state index in [2.05, 4.69) is 29.9 Å². The molecule has 226 valence electrons. The highest BCUT2D eigenvalue weighted by Crippen LogP contribution is 2.58. The van der Waals surface area contributed by atoms with E-state index in [9.17, 15) is 19.9 Å². The van der Waals surface area contributed by atoms with E-state index in [1.165, 1.54) is 28.9 Å². The summed E-state index contributed by atoms with van der Waals surface area (Å²) >= 11 is 5.41. The van der Waals surface area contributed by atoms with Gasteiger partial charge in [0.2, 0.25) is 5.95 Å². The van der Waals surface area contributed by atoms with Crippen LogP contribution in [0, 0.1) is 0 Å². The van der Waals surface area contributed by atoms with Gasteiger partial charge in [0.05, 0.1) is 25.9 Å². The van der Waals surface area contributed by atoms with Gasteiger partial charge in [-0.15, -0.1) is 0 Å². The van der Waals surface area contributed by atoms with Crippen molar-refractivity contribution in [1.82, 2.24) is 39.0 Å². The number of ether oxygens (including phenoxy) is 3. The van der Waals surface area contributed by atoms with Gasteiger partial charge in [0.1, 0.15) is 48.1 Å². The van der Waals surface area contributed by atoms with Gasteiger partial charge in [-0.1, -0.05) is 0 Å². The average Bonchev–Trinajstić information content (AvgIpc) is 3.71. The number of nitrogens with two attached hydrogens (primary N) is 2. The molecule has 6 rings (SSSR count). The lowest BCUT2D eigenvalue weighted by molar-refractivity contribution is -0.0563. The molecule has 0 radical (unpaired) electrons. The van der Waals surface area contributed by atoms with Crippen LogP contribution in [0.25, 0.3) is 22.3 Å². The summed E-state index contributed by atoms with van der Waals surface area (Å²) in [4.78, 5) is 46.3. The molecule has 0 aromatic carbocycles. The van der Waals surface area contributed by atoms with Crippen LogP contribution in [0.3, 0.4) is 0 Å². The molecule has 0 bridgehead atoms. The number of hydrogen-bond acceptors (Lipinski definition) is 15. The summed E-state index contributed by atoms with van der Waals surface area (Å²) in [6, 6.07) is 0. The third-order valence-electron chi connectivity index (χ3n) is 7.24. The Bertz CT molecular complexity index is 1740. The van der Waals surface area contributed by atoms with Crippen LogP contribution in [0.5, 0.6) is 0 Å². The molecule has 4 aromatic heterocycles. The van der Waals surface area contributed by atoms with Crippen LogP contribution >= 0.6 is 6.49 Å². The summed E-state index contributed by atoms with van der Waals surface area (Å²) in [5.74, 6) is -0.0796. The van der Waals surface area contributed by atoms with Crippen LogP contribution in [0.4, 0.5) is 16.2 Å². The van der Waals surface area contributed by atoms with E-state index in [4.69, 9.17) is 42.0 Å². The van der Waals surface area contributed by atoms with Crippen molar-refractivity contribution in [3.8, 4) is 0 Å². The molecule has 1 unspecified atom stereocenters. The van der Waals surface area contributed by atoms with Gasteiger partial charge in [0, 0.05) is 7.11 Å². The van der Waals surface area contributed by atoms with Crippen molar-refractivity contribution in [3.63, 3.8) is 0 Å². The fraction of sp³-hybridized carbons (Fsp3) is 0.524. The average molecular weight is 629 g/mol. The molecule has 0 spiro atoms. The van der Waals surface area contributed by atoms with Gasteiger partial charge in [0.15, 0.2) is 41.6 Å². The summed E-state index contributed by atoms with van der Waals surface area (Å²) in [5.41, 5.74) is 9.86. The predicted octanol–water partition coefficient (Wildman–Crippen LogP) is -1.69. The number of aliphatic hydroxyl groups is 2. The maximum atomic E-state index is 15.6. The number of nitrogens with zero attached hydrogens (tertiary/aromatic N) is 7. The molecule has 0 amide bonds. The molecule has 2 saturated heterocycles. The molecule has 4 aromatic rings. The van der Waals surface area contributed by atoms with Crippen LogP contribution in [0.15, 0.2) is 23.8 Å². The second-order valence-electron chi connectivity index (χ2n) is 9.66. The minimum Gasteiger partial charge on any atom is -0.394 e. The number of alkyl halides is 1. The van der Waals surface area contributed by atoms with Crippen molar-refractivity contribution in [3.05, 3.63) is 29.3 Å². The highest BCUT2D eigenvalue weighted by atomic mass is 32.5. The highest BCUT2D eigenvalue weighted by molar-refractivity contribution is 8.09. The maximum absolute atomic E-state index is 15.6. The Labute approximate surface area is 239 Å². The van der Waals surface area contributed by atoms with E-state index in [1.54, 1.807) is 0 Å². The molecular weight excluding hydrogens is 602 g/mol. The number of hydrogen-bond donors (Lipinski definition) is 6. The number of fused-ring (bicyclic) bond motifs is 2. The van der Waals surface area contributed by atoms with Crippen molar-refractivity contribution >= 4 is 52.4 Å². The number of aromatic amines is 1. The molecule has 2 aliphatic rings. The summed E-state index contributed by atoms with van der Waals surface area (Å²) in [6.07, 6.45) is -5.14. The van der Waals surface area contributed by atoms with Crippen LogP contribution < -0.4 is 17.0 Å². The van der Waals surface area contributed by atoms with Gasteiger partial charge in [-0.3, -0.25) is 18.9 Å². The number of aliphatic hydroxyl groups excluding tert-OH is 2. The number of nitrogens with one attached hydrogen (secondary N) is 1. The molecule has 0 aliphatic carbocycles. The summed E-state index contributed by atoms with van der Waals surface area (Å²) in [6.45, 7) is -5.34. The molecule has 2 fully saturated rings. The molecule has 2 aliphatic heterocycles. The molecule has 9 atom stereocenters. The molecule has 8 N–H and O–H groups in total. The van der Waals surface area contributed by atoms with Gasteiger partial charge in [-0.25, -0.2) is 24.3 Å². The fourth-order valence-corrected chi connectivity index (χ4v) is 7.68. The maximum Gasteiger partial charge on any atom is 0.280 e. The number of imidazole rings is 2. The van der Waals surface area contributed by atoms with Crippen molar-refractivity contribution in [1.29, 1.82) is 0 Å². The zero-order valence-electron chi connectivity index (χ0n) is 21.7. The first kappa shape index (κ1) is 28.9. The molecular formula is C21H26FN10O8PS. The lowest BCUT2D eigenvalue weighted by atomic mass is 10.1. The Morgan fingerprint density at radius 3 is 2.52 bits per heavy atom. The lowest BCUT2D eigenvalue weighted by Crippen LogP contribution is -2.36. The van der Waals surface area contributed by atoms with E-state index in [-0.39, 0.29) is 22.9 Å². The Morgan fingerprint density at radius 2 is 1.81 bits per heavy atom. The zero-order valence-corrected chi connectivity index (χ0v) is 23.4. The van der Waals surface area contributed by atoms with Crippen molar-refractivity contribution < 1.29 is 38.2 Å². The van der Waals surface area contributed by atoms with Crippen LogP contribution in [-0.4, -0.2) is 111 Å². The smallest absolute Gasteiger partial charge is 0.280 e. The Kier molecular flexibility index (Phi) is 7.44. The first-order chi connectivity index (χ1) is 20.1. The fourth-order valence-electron chi connectivity index (χ4n) is 5.21. The normalized spacial score (nSPS) is 31.3. The predicted molar refractivity (Wildman–Crippen MR) is 145 cm³/mol. The second kappa shape index (κ2) is 10.8. The monoisotopic (exact) mass is 628 g/mol. The minimum atomic E-state index is -4.14. The SMILES string of the molecule is CO[C@@H]1[C@H](O)[C@@H](COP(O)(=S)[C@@H]2[C@@H](F)[C@@H](CO)O[C@H]2n2cnc3c(=O)[nH]c(N)nc32)O[C@H]1n1cnc2c(N)ncnc21. The summed E-state index contributed by atoms with van der Waals surface area (Å²) in [7, 11) is 1.37. The Hall–Kier alpha value is -3.20. The Balaban J connectivity index is 1.26. The molecule has 0 saturated carbocycles. The molecule has 21 heteroatoms. The van der Waals surface area contributed by atoms with Crippen LogP contribution in [0.2, 0.25) is 0 Å². The zero-order chi connectivity index (χ0) is 29.9. The summed E-state index contributed by atoms with van der Waals surface area (Å²) < 4.78 is 41.2. The standard InChI is InChI=1S/C21H26FN10O8PS/c1-37-13-12(34)8(40-19(13)31-5-27-10-15(23)25-4-26-16(10)31)3-38-41(36,42)14-9(22)7(2-33)39-20(14)32-6-28-11-17(32)29-21(24)30-18(11)35/h4-9,12-14,19-20,33-34H,2-3H2,1H3,(H,36,42)(H2,23,25,26)(H3,24,29,30,35)/t7-,8-,9+,12-,13-,14-,19-,20-,41?/m1/s1. The summed E-state index contributed by atoms with van der Waals surface area (Å²) in [5, 5.41) is 20.7. The quantitative estimate of drug-likeness (QED) is 0.119. The van der Waals surface area contributed by atoms with Gasteiger partial charge < -0.3 is 45.3 Å². The largest absolute Gasteiger partial charge is 0.394 e. The van der Waals surface area contributed by atoms with Crippen LogP contribution in [0.1, 0.15) is 12.5 Å². The van der Waals surface area contributed by atoms with Gasteiger partial charge in [-0.2, -0.15) is 4.98 Å². The topological polar surface area (TPSA) is 257 Å². The second-order valence-corrected chi connectivity index (χ2v) is 13.2. The number of methoxy groups -OCH3 is 1. The minimum absolute atomic E-state index is 0.0515. The third kappa shape index (κ3) is 4.64. The molecule has 6 heterocycles. The number of nitrogen functional groups attached to an aromatic ring is 2. The first-order valence-electron chi connectivity index (χ1n) is 12.4. The van der Waals surface area contributed by atoms with E-state index >= 15 is 4.39 Å². The Morgan fingerprint density at radius 1 is 1.12 bits per heavy atom. The number of anilines is 2. The molecule has 42 heavy (non-hydrogen) atoms. The van der Waals surface area contributed by atoms with Crippen LogP contribution in [-0.2, 0) is 30.5 Å². The number of aromatic nitrogens is 8. The van der Waals surface area contributed by atoms with E-state index in [0.717, 1.165) is 6.33 Å². The highest BCUT2D eigenvalue weighted by Gasteiger charge is 2.54.